The first kappa shape index (κ1) is 19.7. The van der Waals surface area contributed by atoms with Gasteiger partial charge in [-0.1, -0.05) is 6.92 Å². The maximum atomic E-state index is 13.1. The summed E-state index contributed by atoms with van der Waals surface area (Å²) < 4.78 is 12.6. The van der Waals surface area contributed by atoms with Gasteiger partial charge in [-0.2, -0.15) is 5.10 Å². The van der Waals surface area contributed by atoms with Gasteiger partial charge in [-0.15, -0.1) is 11.3 Å². The normalized spacial score (nSPS) is 15.1. The fourth-order valence-electron chi connectivity index (χ4n) is 3.77. The number of likely N-dealkylation sites (N-methyl/N-ethyl adjacent to an activating group) is 1. The number of amides is 1. The molecule has 3 heterocycles. The van der Waals surface area contributed by atoms with Crippen molar-refractivity contribution >= 4 is 27.5 Å². The summed E-state index contributed by atoms with van der Waals surface area (Å²) in [6.07, 6.45) is 0. The van der Waals surface area contributed by atoms with Crippen LogP contribution in [0.4, 0.5) is 0 Å². The molecule has 0 bridgehead atoms. The van der Waals surface area contributed by atoms with Crippen molar-refractivity contribution in [3.8, 4) is 22.8 Å². The van der Waals surface area contributed by atoms with E-state index in [2.05, 4.69) is 16.9 Å². The fourth-order valence-corrected chi connectivity index (χ4v) is 4.81. The molecular formula is C21H26N4O3S. The van der Waals surface area contributed by atoms with Crippen molar-refractivity contribution in [1.82, 2.24) is 19.6 Å². The number of nitrogens with zero attached hydrogens (tertiary/aromatic N) is 4. The molecule has 2 aromatic heterocycles. The Bertz CT molecular complexity index is 1030. The summed E-state index contributed by atoms with van der Waals surface area (Å²) in [6.45, 7) is 6.62. The molecule has 1 amide bonds. The number of aromatic nitrogens is 2. The van der Waals surface area contributed by atoms with E-state index in [4.69, 9.17) is 9.47 Å². The second-order valence-electron chi connectivity index (χ2n) is 7.10. The molecule has 0 N–H and O–H groups in total. The zero-order chi connectivity index (χ0) is 20.5. The quantitative estimate of drug-likeness (QED) is 0.642. The number of aryl methyl sites for hydroxylation is 1. The molecule has 0 saturated carbocycles. The van der Waals surface area contributed by atoms with Gasteiger partial charge in [0, 0.05) is 44.2 Å². The van der Waals surface area contributed by atoms with Gasteiger partial charge in [-0.25, -0.2) is 0 Å². The Kier molecular flexibility index (Phi) is 5.47. The van der Waals surface area contributed by atoms with Crippen LogP contribution >= 0.6 is 11.3 Å². The average molecular weight is 415 g/mol. The molecule has 7 nitrogen and oxygen atoms in total. The Hall–Kier alpha value is -2.58. The first-order chi connectivity index (χ1) is 14.0. The van der Waals surface area contributed by atoms with Crippen LogP contribution in [-0.2, 0) is 7.05 Å². The maximum absolute atomic E-state index is 13.1. The van der Waals surface area contributed by atoms with Crippen LogP contribution in [0.5, 0.6) is 11.5 Å². The lowest BCUT2D eigenvalue weighted by Crippen LogP contribution is -2.48. The van der Waals surface area contributed by atoms with E-state index in [9.17, 15) is 4.79 Å². The van der Waals surface area contributed by atoms with Crippen molar-refractivity contribution in [2.45, 2.75) is 6.92 Å². The number of hydrogen-bond acceptors (Lipinski definition) is 6. The third-order valence-electron chi connectivity index (χ3n) is 5.49. The van der Waals surface area contributed by atoms with Crippen molar-refractivity contribution in [3.63, 3.8) is 0 Å². The zero-order valence-corrected chi connectivity index (χ0v) is 18.1. The molecule has 0 atom stereocenters. The molecule has 1 aliphatic rings. The molecule has 4 rings (SSSR count). The largest absolute Gasteiger partial charge is 0.493 e. The van der Waals surface area contributed by atoms with Crippen molar-refractivity contribution < 1.29 is 14.3 Å². The highest BCUT2D eigenvalue weighted by Gasteiger charge is 2.25. The number of fused-ring (bicyclic) bond motifs is 1. The van der Waals surface area contributed by atoms with Crippen molar-refractivity contribution in [2.24, 2.45) is 7.05 Å². The molecule has 1 saturated heterocycles. The van der Waals surface area contributed by atoms with E-state index in [-0.39, 0.29) is 5.91 Å². The summed E-state index contributed by atoms with van der Waals surface area (Å²) in [5.74, 6) is 1.44. The number of benzene rings is 1. The van der Waals surface area contributed by atoms with Gasteiger partial charge < -0.3 is 19.3 Å². The van der Waals surface area contributed by atoms with Crippen molar-refractivity contribution in [2.75, 3.05) is 46.9 Å². The average Bonchev–Trinajstić information content (AvgIpc) is 3.33. The van der Waals surface area contributed by atoms with Crippen LogP contribution in [0.2, 0.25) is 0 Å². The molecule has 1 aromatic carbocycles. The van der Waals surface area contributed by atoms with Gasteiger partial charge in [0.05, 0.1) is 19.1 Å². The summed E-state index contributed by atoms with van der Waals surface area (Å²) in [5.41, 5.74) is 1.77. The van der Waals surface area contributed by atoms with Crippen LogP contribution in [0.15, 0.2) is 24.3 Å². The number of piperazine rings is 1. The third kappa shape index (κ3) is 3.58. The number of thiophene rings is 1. The number of methoxy groups -OCH3 is 2. The first-order valence-corrected chi connectivity index (χ1v) is 10.6. The molecule has 1 aliphatic heterocycles. The first-order valence-electron chi connectivity index (χ1n) is 9.76. The summed E-state index contributed by atoms with van der Waals surface area (Å²) >= 11 is 1.51. The van der Waals surface area contributed by atoms with Gasteiger partial charge >= 0.3 is 0 Å². The van der Waals surface area contributed by atoms with E-state index in [1.165, 1.54) is 11.3 Å². The second-order valence-corrected chi connectivity index (χ2v) is 8.13. The molecule has 29 heavy (non-hydrogen) atoms. The molecule has 0 spiro atoms. The SMILES string of the molecule is CCN1CCN(C(=O)c2cc3c(-c4ccc(OC)c(OC)c4)nn(C)c3s2)CC1. The molecule has 8 heteroatoms. The third-order valence-corrected chi connectivity index (χ3v) is 6.68. The lowest BCUT2D eigenvalue weighted by atomic mass is 10.1. The van der Waals surface area contributed by atoms with Gasteiger partial charge in [0.15, 0.2) is 11.5 Å². The molecule has 154 valence electrons. The van der Waals surface area contributed by atoms with E-state index < -0.39 is 0 Å². The minimum Gasteiger partial charge on any atom is -0.493 e. The predicted octanol–water partition coefficient (Wildman–Crippen LogP) is 3.10. The minimum absolute atomic E-state index is 0.111. The highest BCUT2D eigenvalue weighted by Crippen LogP contribution is 2.37. The summed E-state index contributed by atoms with van der Waals surface area (Å²) in [6, 6.07) is 7.74. The molecule has 3 aromatic rings. The van der Waals surface area contributed by atoms with E-state index in [0.717, 1.165) is 59.1 Å². The Morgan fingerprint density at radius 1 is 1.10 bits per heavy atom. The molecule has 0 aliphatic carbocycles. The topological polar surface area (TPSA) is 59.8 Å². The number of hydrogen-bond donors (Lipinski definition) is 0. The molecule has 0 unspecified atom stereocenters. The Labute approximate surface area is 174 Å². The highest BCUT2D eigenvalue weighted by atomic mass is 32.1. The Morgan fingerprint density at radius 3 is 2.48 bits per heavy atom. The van der Waals surface area contributed by atoms with E-state index in [1.54, 1.807) is 14.2 Å². The van der Waals surface area contributed by atoms with Crippen LogP contribution in [0, 0.1) is 0 Å². The summed E-state index contributed by atoms with van der Waals surface area (Å²) in [4.78, 5) is 19.1. The lowest BCUT2D eigenvalue weighted by molar-refractivity contribution is 0.0648. The van der Waals surface area contributed by atoms with Crippen molar-refractivity contribution in [1.29, 1.82) is 0 Å². The fraction of sp³-hybridized carbons (Fsp3) is 0.429. The number of ether oxygens (including phenoxy) is 2. The van der Waals surface area contributed by atoms with Crippen LogP contribution < -0.4 is 9.47 Å². The van der Waals surface area contributed by atoms with Gasteiger partial charge in [0.1, 0.15) is 10.5 Å². The van der Waals surface area contributed by atoms with Gasteiger partial charge in [0.25, 0.3) is 5.91 Å². The monoisotopic (exact) mass is 414 g/mol. The number of rotatable bonds is 5. The van der Waals surface area contributed by atoms with Crippen LogP contribution in [0.1, 0.15) is 16.6 Å². The van der Waals surface area contributed by atoms with Crippen LogP contribution in [0.3, 0.4) is 0 Å². The zero-order valence-electron chi connectivity index (χ0n) is 17.3. The van der Waals surface area contributed by atoms with Gasteiger partial charge in [-0.3, -0.25) is 9.48 Å². The summed E-state index contributed by atoms with van der Waals surface area (Å²) in [5, 5.41) is 5.67. The second kappa shape index (κ2) is 8.04. The molecule has 0 radical (unpaired) electrons. The van der Waals surface area contributed by atoms with E-state index in [1.807, 2.05) is 40.9 Å². The Balaban J connectivity index is 1.67. The summed E-state index contributed by atoms with van der Waals surface area (Å²) in [7, 11) is 5.15. The van der Waals surface area contributed by atoms with Gasteiger partial charge in [0.2, 0.25) is 0 Å². The molecule has 1 fully saturated rings. The van der Waals surface area contributed by atoms with Crippen molar-refractivity contribution in [3.05, 3.63) is 29.1 Å². The smallest absolute Gasteiger partial charge is 0.264 e. The standard InChI is InChI=1S/C21H26N4O3S/c1-5-24-8-10-25(11-9-24)20(26)18-13-15-19(22-23(2)21(15)29-18)14-6-7-16(27-3)17(12-14)28-4/h6-7,12-13H,5,8-11H2,1-4H3. The maximum Gasteiger partial charge on any atom is 0.264 e. The molecular weight excluding hydrogens is 388 g/mol. The van der Waals surface area contributed by atoms with E-state index in [0.29, 0.717) is 11.5 Å². The van der Waals surface area contributed by atoms with Crippen LogP contribution in [0.25, 0.3) is 21.5 Å². The highest BCUT2D eigenvalue weighted by molar-refractivity contribution is 7.20. The predicted molar refractivity (Wildman–Crippen MR) is 115 cm³/mol. The lowest BCUT2D eigenvalue weighted by Gasteiger charge is -2.33. The van der Waals surface area contributed by atoms with E-state index >= 15 is 0 Å². The minimum atomic E-state index is 0.111. The Morgan fingerprint density at radius 2 is 1.83 bits per heavy atom. The van der Waals surface area contributed by atoms with Gasteiger partial charge in [-0.05, 0) is 30.8 Å². The van der Waals surface area contributed by atoms with Crippen LogP contribution in [-0.4, -0.2) is 72.4 Å². The number of carbonyl (C=O) groups is 1. The number of carbonyl (C=O) groups excluding carboxylic acids is 1.